The third kappa shape index (κ3) is 4.51. The molecule has 0 saturated heterocycles. The van der Waals surface area contributed by atoms with Gasteiger partial charge in [0.1, 0.15) is 0 Å². The number of halogens is 1. The Morgan fingerprint density at radius 2 is 2.11 bits per heavy atom. The van der Waals surface area contributed by atoms with E-state index in [2.05, 4.69) is 37.7 Å². The van der Waals surface area contributed by atoms with Gasteiger partial charge in [0.05, 0.1) is 5.69 Å². The maximum absolute atomic E-state index is 12.4. The van der Waals surface area contributed by atoms with Gasteiger partial charge in [-0.2, -0.15) is 0 Å². The van der Waals surface area contributed by atoms with Crippen molar-refractivity contribution in [1.29, 1.82) is 0 Å². The van der Waals surface area contributed by atoms with Gasteiger partial charge in [-0.25, -0.2) is 4.98 Å². The first kappa shape index (κ1) is 19.3. The number of nitrogens with one attached hydrogen (secondary N) is 1. The zero-order valence-electron chi connectivity index (χ0n) is 15.0. The van der Waals surface area contributed by atoms with Crippen LogP contribution in [0.4, 0.5) is 5.13 Å². The van der Waals surface area contributed by atoms with Crippen LogP contribution in [0.1, 0.15) is 23.3 Å². The van der Waals surface area contributed by atoms with Crippen molar-refractivity contribution in [2.75, 3.05) is 11.9 Å². The molecule has 8 heteroatoms. The summed E-state index contributed by atoms with van der Waals surface area (Å²) in [5.41, 5.74) is 3.04. The highest BCUT2D eigenvalue weighted by molar-refractivity contribution is 9.10. The fraction of sp³-hybridized carbons (Fsp3) is 0.250. The van der Waals surface area contributed by atoms with Crippen molar-refractivity contribution in [2.45, 2.75) is 25.8 Å². The van der Waals surface area contributed by atoms with Crippen LogP contribution in [0, 0.1) is 0 Å². The minimum atomic E-state index is -0.184. The number of benzene rings is 1. The van der Waals surface area contributed by atoms with E-state index in [1.54, 1.807) is 11.3 Å². The average Bonchev–Trinajstić information content (AvgIpc) is 3.34. The Bertz CT molecular complexity index is 1010. The van der Waals surface area contributed by atoms with Crippen molar-refractivity contribution in [3.05, 3.63) is 56.0 Å². The Labute approximate surface area is 179 Å². The van der Waals surface area contributed by atoms with E-state index in [-0.39, 0.29) is 24.7 Å². The molecule has 2 amide bonds. The summed E-state index contributed by atoms with van der Waals surface area (Å²) < 4.78 is 0.981. The van der Waals surface area contributed by atoms with Crippen LogP contribution >= 0.6 is 38.6 Å². The number of fused-ring (bicyclic) bond motifs is 1. The van der Waals surface area contributed by atoms with Gasteiger partial charge in [0.2, 0.25) is 11.8 Å². The molecular formula is C20H18BrN3O2S2. The highest BCUT2D eigenvalue weighted by atomic mass is 79.9. The zero-order chi connectivity index (χ0) is 19.5. The summed E-state index contributed by atoms with van der Waals surface area (Å²) in [6, 6.07) is 9.94. The molecule has 1 N–H and O–H groups in total. The maximum Gasteiger partial charge on any atom is 0.226 e. The van der Waals surface area contributed by atoms with Gasteiger partial charge in [0.25, 0.3) is 0 Å². The van der Waals surface area contributed by atoms with Crippen LogP contribution in [0.25, 0.3) is 11.3 Å². The Kier molecular flexibility index (Phi) is 5.89. The minimum absolute atomic E-state index is 0.0287. The molecule has 0 bridgehead atoms. The first-order valence-electron chi connectivity index (χ1n) is 8.93. The van der Waals surface area contributed by atoms with E-state index in [4.69, 9.17) is 0 Å². The molecule has 1 aliphatic rings. The molecule has 0 atom stereocenters. The normalized spacial score (nSPS) is 13.2. The molecule has 0 saturated carbocycles. The van der Waals surface area contributed by atoms with E-state index in [1.807, 2.05) is 34.5 Å². The second-order valence-corrected chi connectivity index (χ2v) is 9.31. The quantitative estimate of drug-likeness (QED) is 0.568. The van der Waals surface area contributed by atoms with Gasteiger partial charge in [-0.1, -0.05) is 28.1 Å². The lowest BCUT2D eigenvalue weighted by Crippen LogP contribution is -2.35. The molecule has 5 nitrogen and oxygen atoms in total. The summed E-state index contributed by atoms with van der Waals surface area (Å²) in [5.74, 6) is -0.155. The van der Waals surface area contributed by atoms with E-state index in [9.17, 15) is 9.59 Å². The molecule has 3 aromatic rings. The standard InChI is InChI=1S/C20H18BrN3O2S2/c21-15-3-1-2-13(10-15)16-12-28-20(22-16)23-18(25)4-5-19(26)24-8-6-17-14(11-24)7-9-27-17/h1-3,7,9-10,12H,4-6,8,11H2,(H,22,23,25). The van der Waals surface area contributed by atoms with Crippen LogP contribution in [0.5, 0.6) is 0 Å². The second kappa shape index (κ2) is 8.55. The number of carbonyl (C=O) groups excluding carboxylic acids is 2. The molecule has 1 aromatic carbocycles. The van der Waals surface area contributed by atoms with E-state index in [1.165, 1.54) is 21.8 Å². The number of thiazole rings is 1. The van der Waals surface area contributed by atoms with Crippen LogP contribution in [0.3, 0.4) is 0 Å². The molecule has 0 radical (unpaired) electrons. The number of anilines is 1. The topological polar surface area (TPSA) is 62.3 Å². The fourth-order valence-corrected chi connectivity index (χ4v) is 5.16. The molecule has 0 spiro atoms. The lowest BCUT2D eigenvalue weighted by Gasteiger charge is -2.27. The molecule has 1 aliphatic heterocycles. The van der Waals surface area contributed by atoms with Crippen LogP contribution in [0.15, 0.2) is 45.6 Å². The number of hydrogen-bond acceptors (Lipinski definition) is 5. The van der Waals surface area contributed by atoms with Crippen LogP contribution < -0.4 is 5.32 Å². The van der Waals surface area contributed by atoms with Gasteiger partial charge in [0.15, 0.2) is 5.13 Å². The van der Waals surface area contributed by atoms with Crippen molar-refractivity contribution >= 4 is 55.5 Å². The van der Waals surface area contributed by atoms with Crippen molar-refractivity contribution in [3.63, 3.8) is 0 Å². The smallest absolute Gasteiger partial charge is 0.226 e. The first-order valence-corrected chi connectivity index (χ1v) is 11.5. The Morgan fingerprint density at radius 3 is 2.96 bits per heavy atom. The summed E-state index contributed by atoms with van der Waals surface area (Å²) in [5, 5.41) is 7.34. The molecule has 0 fully saturated rings. The Balaban J connectivity index is 1.29. The number of thiophene rings is 1. The molecule has 2 aromatic heterocycles. The van der Waals surface area contributed by atoms with E-state index in [0.29, 0.717) is 11.7 Å². The van der Waals surface area contributed by atoms with Crippen molar-refractivity contribution in [1.82, 2.24) is 9.88 Å². The monoisotopic (exact) mass is 475 g/mol. The number of amides is 2. The van der Waals surface area contributed by atoms with Crippen molar-refractivity contribution in [3.8, 4) is 11.3 Å². The number of hydrogen-bond donors (Lipinski definition) is 1. The number of nitrogens with zero attached hydrogens (tertiary/aromatic N) is 2. The van der Waals surface area contributed by atoms with Crippen LogP contribution in [0.2, 0.25) is 0 Å². The van der Waals surface area contributed by atoms with Gasteiger partial charge >= 0.3 is 0 Å². The third-order valence-electron chi connectivity index (χ3n) is 4.60. The summed E-state index contributed by atoms with van der Waals surface area (Å²) in [6.07, 6.45) is 1.29. The van der Waals surface area contributed by atoms with Gasteiger partial charge in [-0.15, -0.1) is 22.7 Å². The Morgan fingerprint density at radius 1 is 1.21 bits per heavy atom. The molecule has 0 unspecified atom stereocenters. The Hall–Kier alpha value is -2.03. The predicted molar refractivity (Wildman–Crippen MR) is 117 cm³/mol. The highest BCUT2D eigenvalue weighted by Gasteiger charge is 2.22. The maximum atomic E-state index is 12.4. The largest absolute Gasteiger partial charge is 0.338 e. The van der Waals surface area contributed by atoms with E-state index >= 15 is 0 Å². The van der Waals surface area contributed by atoms with Gasteiger partial charge in [-0.05, 0) is 35.6 Å². The first-order chi connectivity index (χ1) is 13.6. The minimum Gasteiger partial charge on any atom is -0.338 e. The van der Waals surface area contributed by atoms with Crippen molar-refractivity contribution in [2.24, 2.45) is 0 Å². The SMILES string of the molecule is O=C(CCC(=O)N1CCc2sccc2C1)Nc1nc(-c2cccc(Br)c2)cs1. The van der Waals surface area contributed by atoms with Gasteiger partial charge in [-0.3, -0.25) is 9.59 Å². The van der Waals surface area contributed by atoms with Crippen molar-refractivity contribution < 1.29 is 9.59 Å². The summed E-state index contributed by atoms with van der Waals surface area (Å²) >= 11 is 6.58. The summed E-state index contributed by atoms with van der Waals surface area (Å²) in [7, 11) is 0. The van der Waals surface area contributed by atoms with E-state index in [0.717, 1.165) is 28.7 Å². The molecule has 4 rings (SSSR count). The second-order valence-electron chi connectivity index (χ2n) is 6.53. The highest BCUT2D eigenvalue weighted by Crippen LogP contribution is 2.27. The number of rotatable bonds is 5. The third-order valence-corrected chi connectivity index (χ3v) is 6.87. The molecular weight excluding hydrogens is 458 g/mol. The van der Waals surface area contributed by atoms with Crippen LogP contribution in [-0.4, -0.2) is 28.2 Å². The van der Waals surface area contributed by atoms with Crippen LogP contribution in [-0.2, 0) is 22.6 Å². The molecule has 0 aliphatic carbocycles. The molecule has 144 valence electrons. The fourth-order valence-electron chi connectivity index (χ4n) is 3.13. The lowest BCUT2D eigenvalue weighted by molar-refractivity contribution is -0.133. The average molecular weight is 476 g/mol. The number of aromatic nitrogens is 1. The summed E-state index contributed by atoms with van der Waals surface area (Å²) in [4.78, 5) is 32.4. The summed E-state index contributed by atoms with van der Waals surface area (Å²) in [6.45, 7) is 1.39. The molecule has 3 heterocycles. The predicted octanol–water partition coefficient (Wildman–Crippen LogP) is 4.94. The molecule has 28 heavy (non-hydrogen) atoms. The lowest BCUT2D eigenvalue weighted by atomic mass is 10.1. The van der Waals surface area contributed by atoms with Gasteiger partial charge in [0, 0.05) is 46.2 Å². The zero-order valence-corrected chi connectivity index (χ0v) is 18.2. The van der Waals surface area contributed by atoms with Gasteiger partial charge < -0.3 is 10.2 Å². The number of carbonyl (C=O) groups is 2. The van der Waals surface area contributed by atoms with E-state index < -0.39 is 0 Å².